The maximum atomic E-state index is 13.9. The summed E-state index contributed by atoms with van der Waals surface area (Å²) in [6.45, 7) is 0.0594. The molecule has 0 spiro atoms. The predicted octanol–water partition coefficient (Wildman–Crippen LogP) is 3.77. The molecule has 0 N–H and O–H groups in total. The average Bonchev–Trinajstić information content (AvgIpc) is 2.56. The van der Waals surface area contributed by atoms with Gasteiger partial charge in [-0.3, -0.25) is 4.79 Å². The first kappa shape index (κ1) is 17.1. The van der Waals surface area contributed by atoms with Gasteiger partial charge in [-0.1, -0.05) is 17.7 Å². The summed E-state index contributed by atoms with van der Waals surface area (Å²) >= 11 is 6.00. The Morgan fingerprint density at radius 1 is 1.17 bits per heavy atom. The number of carbonyl (C=O) groups excluding carboxylic acids is 1. The number of rotatable bonds is 5. The summed E-state index contributed by atoms with van der Waals surface area (Å²) in [4.78, 5) is 13.9. The van der Waals surface area contributed by atoms with Gasteiger partial charge in [0.15, 0.2) is 0 Å². The zero-order valence-corrected chi connectivity index (χ0v) is 13.9. The zero-order chi connectivity index (χ0) is 17.0. The second-order valence-corrected chi connectivity index (χ2v) is 5.37. The normalized spacial score (nSPS) is 10.3. The fourth-order valence-corrected chi connectivity index (χ4v) is 2.37. The quantitative estimate of drug-likeness (QED) is 0.833. The van der Waals surface area contributed by atoms with Gasteiger partial charge in [0.05, 0.1) is 14.2 Å². The third kappa shape index (κ3) is 3.93. The third-order valence-electron chi connectivity index (χ3n) is 3.40. The molecule has 122 valence electrons. The van der Waals surface area contributed by atoms with Gasteiger partial charge in [0.2, 0.25) is 0 Å². The van der Waals surface area contributed by atoms with Crippen LogP contribution in [0.5, 0.6) is 11.5 Å². The summed E-state index contributed by atoms with van der Waals surface area (Å²) in [6.07, 6.45) is 0. The molecule has 0 aliphatic carbocycles. The van der Waals surface area contributed by atoms with E-state index in [2.05, 4.69) is 0 Å². The predicted molar refractivity (Wildman–Crippen MR) is 86.8 cm³/mol. The second-order valence-electron chi connectivity index (χ2n) is 4.96. The van der Waals surface area contributed by atoms with E-state index in [1.165, 1.54) is 31.3 Å². The van der Waals surface area contributed by atoms with Gasteiger partial charge in [0, 0.05) is 35.8 Å². The van der Waals surface area contributed by atoms with Crippen molar-refractivity contribution in [3.63, 3.8) is 0 Å². The molecule has 4 nitrogen and oxygen atoms in total. The minimum Gasteiger partial charge on any atom is -0.497 e. The van der Waals surface area contributed by atoms with E-state index >= 15 is 0 Å². The minimum atomic E-state index is -0.444. The Labute approximate surface area is 139 Å². The third-order valence-corrected chi connectivity index (χ3v) is 3.76. The fraction of sp³-hybridized carbons (Fsp3) is 0.235. The Bertz CT molecular complexity index is 678. The summed E-state index contributed by atoms with van der Waals surface area (Å²) in [6, 6.07) is 9.30. The number of amides is 1. The van der Waals surface area contributed by atoms with E-state index in [0.717, 1.165) is 0 Å². The topological polar surface area (TPSA) is 38.8 Å². The highest BCUT2D eigenvalue weighted by molar-refractivity contribution is 6.31. The van der Waals surface area contributed by atoms with Crippen LogP contribution in [0.2, 0.25) is 5.02 Å². The highest BCUT2D eigenvalue weighted by atomic mass is 35.5. The van der Waals surface area contributed by atoms with Gasteiger partial charge in [0.25, 0.3) is 5.91 Å². The van der Waals surface area contributed by atoms with Crippen LogP contribution in [-0.4, -0.2) is 32.1 Å². The van der Waals surface area contributed by atoms with Gasteiger partial charge in [-0.05, 0) is 24.3 Å². The number of ether oxygens (including phenoxy) is 2. The van der Waals surface area contributed by atoms with Gasteiger partial charge in [-0.2, -0.15) is 0 Å². The van der Waals surface area contributed by atoms with Crippen molar-refractivity contribution in [1.82, 2.24) is 4.90 Å². The second kappa shape index (κ2) is 7.33. The number of nitrogens with zero attached hydrogens (tertiary/aromatic N) is 1. The molecule has 0 atom stereocenters. The zero-order valence-electron chi connectivity index (χ0n) is 13.1. The van der Waals surface area contributed by atoms with Gasteiger partial charge < -0.3 is 14.4 Å². The molecular weight excluding hydrogens is 321 g/mol. The molecule has 0 saturated heterocycles. The number of carbonyl (C=O) groups is 1. The summed E-state index contributed by atoms with van der Waals surface area (Å²) in [7, 11) is 4.59. The Morgan fingerprint density at radius 2 is 1.78 bits per heavy atom. The molecule has 0 bridgehead atoms. The van der Waals surface area contributed by atoms with Gasteiger partial charge in [-0.15, -0.1) is 0 Å². The van der Waals surface area contributed by atoms with Crippen LogP contribution in [0.15, 0.2) is 36.4 Å². The Kier molecular flexibility index (Phi) is 5.45. The molecule has 0 aliphatic heterocycles. The molecule has 0 radical (unpaired) electrons. The van der Waals surface area contributed by atoms with E-state index < -0.39 is 5.82 Å². The molecular formula is C17H17ClFNO3. The van der Waals surface area contributed by atoms with Crippen LogP contribution in [0.25, 0.3) is 0 Å². The molecule has 2 aromatic carbocycles. The lowest BCUT2D eigenvalue weighted by Gasteiger charge is -2.19. The molecule has 6 heteroatoms. The Hall–Kier alpha value is -2.27. The molecule has 0 heterocycles. The van der Waals surface area contributed by atoms with Crippen molar-refractivity contribution in [2.75, 3.05) is 21.3 Å². The van der Waals surface area contributed by atoms with Gasteiger partial charge in [-0.25, -0.2) is 4.39 Å². The number of hydrogen-bond donors (Lipinski definition) is 0. The molecule has 2 rings (SSSR count). The number of benzene rings is 2. The monoisotopic (exact) mass is 337 g/mol. The van der Waals surface area contributed by atoms with Gasteiger partial charge >= 0.3 is 0 Å². The van der Waals surface area contributed by atoms with Crippen molar-refractivity contribution >= 4 is 17.5 Å². The molecule has 0 unspecified atom stereocenters. The molecule has 0 aromatic heterocycles. The van der Waals surface area contributed by atoms with Crippen LogP contribution in [0.1, 0.15) is 15.9 Å². The van der Waals surface area contributed by atoms with Crippen LogP contribution in [0, 0.1) is 5.82 Å². The fourth-order valence-electron chi connectivity index (χ4n) is 2.14. The first-order valence-electron chi connectivity index (χ1n) is 6.87. The molecule has 2 aromatic rings. The van der Waals surface area contributed by atoms with E-state index in [1.54, 1.807) is 31.3 Å². The lowest BCUT2D eigenvalue weighted by atomic mass is 10.1. The maximum Gasteiger partial charge on any atom is 0.254 e. The van der Waals surface area contributed by atoms with E-state index in [0.29, 0.717) is 17.1 Å². The van der Waals surface area contributed by atoms with Crippen LogP contribution in [0.3, 0.4) is 0 Å². The van der Waals surface area contributed by atoms with Crippen LogP contribution < -0.4 is 9.47 Å². The van der Waals surface area contributed by atoms with Crippen molar-refractivity contribution in [3.05, 3.63) is 58.4 Å². The van der Waals surface area contributed by atoms with E-state index in [9.17, 15) is 9.18 Å². The molecule has 23 heavy (non-hydrogen) atoms. The summed E-state index contributed by atoms with van der Waals surface area (Å²) in [5.74, 6) is 0.275. The van der Waals surface area contributed by atoms with Crippen LogP contribution >= 0.6 is 11.6 Å². The summed E-state index contributed by atoms with van der Waals surface area (Å²) in [5, 5.41) is 0.285. The summed E-state index contributed by atoms with van der Waals surface area (Å²) in [5.41, 5.74) is 0.663. The first-order chi connectivity index (χ1) is 11.0. The number of halogens is 2. The lowest BCUT2D eigenvalue weighted by Crippen LogP contribution is -2.26. The summed E-state index contributed by atoms with van der Waals surface area (Å²) < 4.78 is 24.2. The Morgan fingerprint density at radius 3 is 2.30 bits per heavy atom. The van der Waals surface area contributed by atoms with Crippen LogP contribution in [-0.2, 0) is 6.54 Å². The van der Waals surface area contributed by atoms with E-state index in [-0.39, 0.29) is 23.0 Å². The molecule has 1 amide bonds. The van der Waals surface area contributed by atoms with Gasteiger partial charge in [0.1, 0.15) is 17.3 Å². The van der Waals surface area contributed by atoms with Crippen molar-refractivity contribution in [2.45, 2.75) is 6.54 Å². The smallest absolute Gasteiger partial charge is 0.254 e. The molecule has 0 fully saturated rings. The SMILES string of the molecule is COc1cc(OC)cc(C(=O)N(C)Cc2c(F)cccc2Cl)c1. The lowest BCUT2D eigenvalue weighted by molar-refractivity contribution is 0.0783. The highest BCUT2D eigenvalue weighted by Crippen LogP contribution is 2.25. The minimum absolute atomic E-state index is 0.0594. The van der Waals surface area contributed by atoms with Crippen molar-refractivity contribution in [3.8, 4) is 11.5 Å². The van der Waals surface area contributed by atoms with Crippen molar-refractivity contribution < 1.29 is 18.7 Å². The van der Waals surface area contributed by atoms with Crippen molar-refractivity contribution in [1.29, 1.82) is 0 Å². The van der Waals surface area contributed by atoms with Crippen LogP contribution in [0.4, 0.5) is 4.39 Å². The van der Waals surface area contributed by atoms with Crippen molar-refractivity contribution in [2.24, 2.45) is 0 Å². The Balaban J connectivity index is 2.26. The maximum absolute atomic E-state index is 13.9. The highest BCUT2D eigenvalue weighted by Gasteiger charge is 2.17. The average molecular weight is 338 g/mol. The largest absolute Gasteiger partial charge is 0.497 e. The first-order valence-corrected chi connectivity index (χ1v) is 7.25. The molecule has 0 saturated carbocycles. The molecule has 0 aliphatic rings. The standard InChI is InChI=1S/C17H17ClFNO3/c1-20(10-14-15(18)5-4-6-16(14)19)17(21)11-7-12(22-2)9-13(8-11)23-3/h4-9H,10H2,1-3H3. The number of hydrogen-bond acceptors (Lipinski definition) is 3. The van der Waals surface area contributed by atoms with E-state index in [4.69, 9.17) is 21.1 Å². The number of methoxy groups -OCH3 is 2. The van der Waals surface area contributed by atoms with E-state index in [1.807, 2.05) is 0 Å².